The summed E-state index contributed by atoms with van der Waals surface area (Å²) >= 11 is 0. The number of nitrogens with one attached hydrogen (secondary N) is 1. The molecule has 9 nitrogen and oxygen atoms in total. The maximum atomic E-state index is 12.2. The lowest BCUT2D eigenvalue weighted by Crippen LogP contribution is -2.35. The average Bonchev–Trinajstić information content (AvgIpc) is 3.32. The maximum absolute atomic E-state index is 12.2. The number of hydrogen-bond donors (Lipinski definition) is 3. The summed E-state index contributed by atoms with van der Waals surface area (Å²) in [4.78, 5) is 26.6. The van der Waals surface area contributed by atoms with Crippen molar-refractivity contribution < 1.29 is 9.53 Å². The smallest absolute Gasteiger partial charge is 0.250 e. The minimum absolute atomic E-state index is 0.285. The van der Waals surface area contributed by atoms with Crippen LogP contribution in [0.4, 0.5) is 5.95 Å². The summed E-state index contributed by atoms with van der Waals surface area (Å²) in [5, 5.41) is 0. The van der Waals surface area contributed by atoms with E-state index in [1.807, 2.05) is 12.1 Å². The Bertz CT molecular complexity index is 1220. The molecule has 3 heterocycles. The first-order valence-electron chi connectivity index (χ1n) is 9.45. The van der Waals surface area contributed by atoms with E-state index in [4.69, 9.17) is 16.2 Å². The van der Waals surface area contributed by atoms with Gasteiger partial charge in [-0.3, -0.25) is 14.3 Å². The van der Waals surface area contributed by atoms with Gasteiger partial charge in [0.2, 0.25) is 5.95 Å². The Morgan fingerprint density at radius 1 is 1.21 bits per heavy atom. The van der Waals surface area contributed by atoms with E-state index >= 15 is 0 Å². The van der Waals surface area contributed by atoms with Gasteiger partial charge in [-0.15, -0.1) is 0 Å². The number of anilines is 1. The van der Waals surface area contributed by atoms with E-state index < -0.39 is 5.91 Å². The number of primary amides is 1. The molecule has 5 N–H and O–H groups in total. The first-order chi connectivity index (χ1) is 14.1. The molecule has 0 aliphatic carbocycles. The van der Waals surface area contributed by atoms with Crippen LogP contribution in [-0.2, 0) is 11.3 Å². The van der Waals surface area contributed by atoms with Gasteiger partial charge in [-0.05, 0) is 23.8 Å². The molecule has 4 aromatic rings. The molecule has 1 saturated heterocycles. The van der Waals surface area contributed by atoms with Crippen molar-refractivity contribution >= 4 is 33.9 Å². The van der Waals surface area contributed by atoms with Crippen molar-refractivity contribution in [2.24, 2.45) is 5.73 Å². The van der Waals surface area contributed by atoms with Gasteiger partial charge in [0, 0.05) is 19.6 Å². The number of aromatic nitrogens is 4. The number of rotatable bonds is 4. The topological polar surface area (TPSA) is 128 Å². The number of nitrogens with zero attached hydrogens (tertiary/aromatic N) is 4. The highest BCUT2D eigenvalue weighted by molar-refractivity contribution is 6.04. The Labute approximate surface area is 166 Å². The van der Waals surface area contributed by atoms with Crippen molar-refractivity contribution in [1.29, 1.82) is 0 Å². The van der Waals surface area contributed by atoms with Gasteiger partial charge in [0.1, 0.15) is 5.52 Å². The maximum Gasteiger partial charge on any atom is 0.250 e. The van der Waals surface area contributed by atoms with Crippen molar-refractivity contribution in [3.05, 3.63) is 47.8 Å². The van der Waals surface area contributed by atoms with E-state index in [0.29, 0.717) is 16.8 Å². The number of amides is 1. The summed E-state index contributed by atoms with van der Waals surface area (Å²) < 4.78 is 7.26. The van der Waals surface area contributed by atoms with Gasteiger partial charge >= 0.3 is 0 Å². The Morgan fingerprint density at radius 2 is 2.03 bits per heavy atom. The summed E-state index contributed by atoms with van der Waals surface area (Å²) in [7, 11) is 0. The van der Waals surface area contributed by atoms with Gasteiger partial charge in [-0.2, -0.15) is 0 Å². The number of fused-ring (bicyclic) bond motifs is 2. The molecule has 2 aromatic carbocycles. The molecule has 148 valence electrons. The normalized spacial score (nSPS) is 15.3. The van der Waals surface area contributed by atoms with Crippen molar-refractivity contribution in [1.82, 2.24) is 24.4 Å². The summed E-state index contributed by atoms with van der Waals surface area (Å²) in [5.74, 6) is -0.260. The molecule has 2 aromatic heterocycles. The van der Waals surface area contributed by atoms with Crippen molar-refractivity contribution in [2.75, 3.05) is 32.0 Å². The minimum atomic E-state index is -0.545. The highest BCUT2D eigenvalue weighted by atomic mass is 16.5. The molecule has 0 bridgehead atoms. The number of carbonyl (C=O) groups is 1. The van der Waals surface area contributed by atoms with Crippen LogP contribution >= 0.6 is 0 Å². The van der Waals surface area contributed by atoms with Gasteiger partial charge in [0.05, 0.1) is 47.3 Å². The number of nitrogens with two attached hydrogens (primary N) is 2. The van der Waals surface area contributed by atoms with Crippen LogP contribution in [0.3, 0.4) is 0 Å². The number of nitrogen functional groups attached to an aromatic ring is 1. The monoisotopic (exact) mass is 391 g/mol. The molecular formula is C20H21N7O2. The van der Waals surface area contributed by atoms with Gasteiger partial charge in [0.15, 0.2) is 0 Å². The molecule has 0 spiro atoms. The predicted molar refractivity (Wildman–Crippen MR) is 110 cm³/mol. The minimum Gasteiger partial charge on any atom is -0.379 e. The second kappa shape index (κ2) is 6.87. The molecule has 9 heteroatoms. The Morgan fingerprint density at radius 3 is 2.83 bits per heavy atom. The van der Waals surface area contributed by atoms with E-state index in [-0.39, 0.29) is 5.95 Å². The second-order valence-electron chi connectivity index (χ2n) is 7.10. The number of carbonyl (C=O) groups excluding carboxylic acids is 1. The fraction of sp³-hybridized carbons (Fsp3) is 0.250. The Kier molecular flexibility index (Phi) is 4.18. The van der Waals surface area contributed by atoms with Crippen molar-refractivity contribution in [2.45, 2.75) is 6.54 Å². The summed E-state index contributed by atoms with van der Waals surface area (Å²) in [5.41, 5.74) is 17.0. The Hall–Kier alpha value is -3.43. The van der Waals surface area contributed by atoms with Crippen molar-refractivity contribution in [3.63, 3.8) is 0 Å². The zero-order valence-corrected chi connectivity index (χ0v) is 15.8. The van der Waals surface area contributed by atoms with E-state index in [0.717, 1.165) is 55.0 Å². The Balaban J connectivity index is 1.77. The molecule has 29 heavy (non-hydrogen) atoms. The summed E-state index contributed by atoms with van der Waals surface area (Å²) in [6, 6.07) is 9.42. The molecule has 1 aliphatic rings. The van der Waals surface area contributed by atoms with Crippen LogP contribution in [0.5, 0.6) is 0 Å². The highest BCUT2D eigenvalue weighted by Gasteiger charge is 2.23. The summed E-state index contributed by atoms with van der Waals surface area (Å²) in [6.45, 7) is 3.89. The number of imidazole rings is 2. The highest BCUT2D eigenvalue weighted by Crippen LogP contribution is 2.32. The van der Waals surface area contributed by atoms with Crippen LogP contribution in [0.25, 0.3) is 27.8 Å². The van der Waals surface area contributed by atoms with E-state index in [2.05, 4.69) is 25.9 Å². The molecule has 0 atom stereocenters. The van der Waals surface area contributed by atoms with Gasteiger partial charge in [0.25, 0.3) is 5.91 Å². The predicted octanol–water partition coefficient (Wildman–Crippen LogP) is 1.42. The van der Waals surface area contributed by atoms with Gasteiger partial charge in [-0.1, -0.05) is 12.1 Å². The second-order valence-corrected chi connectivity index (χ2v) is 7.10. The third kappa shape index (κ3) is 2.91. The largest absolute Gasteiger partial charge is 0.379 e. The molecule has 1 amide bonds. The first-order valence-corrected chi connectivity index (χ1v) is 9.45. The molecule has 0 radical (unpaired) electrons. The molecule has 0 saturated carbocycles. The first kappa shape index (κ1) is 17.7. The number of ether oxygens (including phenoxy) is 1. The van der Waals surface area contributed by atoms with Crippen molar-refractivity contribution in [3.8, 4) is 5.69 Å². The number of benzene rings is 2. The summed E-state index contributed by atoms with van der Waals surface area (Å²) in [6.07, 6.45) is 1.59. The van der Waals surface area contributed by atoms with E-state index in [1.54, 1.807) is 23.0 Å². The zero-order chi connectivity index (χ0) is 20.0. The van der Waals surface area contributed by atoms with Gasteiger partial charge < -0.3 is 21.2 Å². The lowest BCUT2D eigenvalue weighted by atomic mass is 10.1. The SMILES string of the molecule is NC(=O)c1ccc2[nH]cnc2c1-n1c(N)nc2cccc(CN3CCOCC3)c21. The number of morpholine rings is 1. The fourth-order valence-electron chi connectivity index (χ4n) is 3.99. The van der Waals surface area contributed by atoms with Crippen LogP contribution < -0.4 is 11.5 Å². The van der Waals surface area contributed by atoms with Gasteiger partial charge in [-0.25, -0.2) is 9.97 Å². The number of hydrogen-bond acceptors (Lipinski definition) is 6. The zero-order valence-electron chi connectivity index (χ0n) is 15.8. The lowest BCUT2D eigenvalue weighted by molar-refractivity contribution is 0.0343. The number of H-pyrrole nitrogens is 1. The number of aromatic amines is 1. The molecule has 1 aliphatic heterocycles. The van der Waals surface area contributed by atoms with E-state index in [1.165, 1.54) is 0 Å². The van der Waals surface area contributed by atoms with Crippen LogP contribution in [0, 0.1) is 0 Å². The van der Waals surface area contributed by atoms with Crippen LogP contribution in [0.2, 0.25) is 0 Å². The fourth-order valence-corrected chi connectivity index (χ4v) is 3.99. The van der Waals surface area contributed by atoms with Crippen LogP contribution in [0.15, 0.2) is 36.7 Å². The van der Waals surface area contributed by atoms with Crippen LogP contribution in [0.1, 0.15) is 15.9 Å². The van der Waals surface area contributed by atoms with E-state index in [9.17, 15) is 4.79 Å². The molecular weight excluding hydrogens is 370 g/mol. The third-order valence-electron chi connectivity index (χ3n) is 5.34. The molecule has 1 fully saturated rings. The lowest BCUT2D eigenvalue weighted by Gasteiger charge is -2.27. The molecule has 0 unspecified atom stereocenters. The molecule has 5 rings (SSSR count). The average molecular weight is 391 g/mol. The quantitative estimate of drug-likeness (QED) is 0.483. The van der Waals surface area contributed by atoms with Crippen LogP contribution in [-0.4, -0.2) is 56.6 Å². The number of para-hydroxylation sites is 1. The standard InChI is InChI=1S/C20H21N7O2/c21-19(28)13-4-5-14-16(24-11-23-14)18(13)27-17-12(10-26-6-8-29-9-7-26)2-1-3-15(17)25-20(27)22/h1-5,11H,6-10H2,(H2,21,28)(H2,22,25)(H,23,24). The third-order valence-corrected chi connectivity index (χ3v) is 5.34.